The Morgan fingerprint density at radius 3 is 2.58 bits per heavy atom. The molecule has 1 amide bonds. The van der Waals surface area contributed by atoms with Crippen LogP contribution < -0.4 is 9.47 Å². The van der Waals surface area contributed by atoms with E-state index < -0.39 is 0 Å². The van der Waals surface area contributed by atoms with Gasteiger partial charge in [-0.05, 0) is 30.3 Å². The van der Waals surface area contributed by atoms with Crippen molar-refractivity contribution >= 4 is 17.7 Å². The molecule has 8 heteroatoms. The minimum absolute atomic E-state index is 0.107. The second-order valence-electron chi connectivity index (χ2n) is 5.90. The van der Waals surface area contributed by atoms with Gasteiger partial charge in [-0.15, -0.1) is 10.2 Å². The third-order valence-corrected chi connectivity index (χ3v) is 5.09. The second kappa shape index (κ2) is 7.92. The van der Waals surface area contributed by atoms with E-state index in [9.17, 15) is 4.79 Å². The molecular formula is C18H19N3O4S. The fourth-order valence-electron chi connectivity index (χ4n) is 2.79. The molecule has 0 aliphatic carbocycles. The number of benzene rings is 1. The highest BCUT2D eigenvalue weighted by atomic mass is 32.2. The van der Waals surface area contributed by atoms with Crippen molar-refractivity contribution in [2.45, 2.75) is 5.03 Å². The summed E-state index contributed by atoms with van der Waals surface area (Å²) in [4.78, 5) is 14.0. The number of carbonyl (C=O) groups excluding carboxylic acids is 1. The molecule has 2 aliphatic heterocycles. The highest BCUT2D eigenvalue weighted by Gasteiger charge is 2.17. The minimum Gasteiger partial charge on any atom is -0.486 e. The topological polar surface area (TPSA) is 73.8 Å². The molecule has 2 aromatic rings. The molecule has 1 saturated heterocycles. The van der Waals surface area contributed by atoms with Crippen molar-refractivity contribution in [3.63, 3.8) is 0 Å². The van der Waals surface area contributed by atoms with Gasteiger partial charge in [0.1, 0.15) is 18.2 Å². The molecule has 136 valence electrons. The van der Waals surface area contributed by atoms with Crippen LogP contribution in [-0.4, -0.2) is 66.3 Å². The van der Waals surface area contributed by atoms with Gasteiger partial charge in [0.15, 0.2) is 11.5 Å². The van der Waals surface area contributed by atoms with E-state index in [0.717, 1.165) is 27.8 Å². The Labute approximate surface area is 155 Å². The van der Waals surface area contributed by atoms with Gasteiger partial charge in [0.2, 0.25) is 5.91 Å². The van der Waals surface area contributed by atoms with Crippen LogP contribution in [0.2, 0.25) is 0 Å². The highest BCUT2D eigenvalue weighted by molar-refractivity contribution is 7.99. The Hall–Kier alpha value is -2.32. The van der Waals surface area contributed by atoms with E-state index in [0.29, 0.717) is 45.3 Å². The van der Waals surface area contributed by atoms with Crippen molar-refractivity contribution in [3.05, 3.63) is 30.3 Å². The first-order valence-corrected chi connectivity index (χ1v) is 9.50. The van der Waals surface area contributed by atoms with E-state index in [2.05, 4.69) is 10.2 Å². The lowest BCUT2D eigenvalue weighted by atomic mass is 10.1. The van der Waals surface area contributed by atoms with E-state index in [1.54, 1.807) is 0 Å². The standard InChI is InChI=1S/C18H19N3O4S/c22-18(21-5-7-23-8-6-21)12-26-17-4-2-14(19-20-17)13-1-3-15-16(11-13)25-10-9-24-15/h1-4,11H,5-10,12H2. The van der Waals surface area contributed by atoms with Crippen LogP contribution >= 0.6 is 11.8 Å². The summed E-state index contributed by atoms with van der Waals surface area (Å²) < 4.78 is 16.4. The summed E-state index contributed by atoms with van der Waals surface area (Å²) in [5.41, 5.74) is 1.67. The monoisotopic (exact) mass is 373 g/mol. The van der Waals surface area contributed by atoms with Crippen molar-refractivity contribution in [2.75, 3.05) is 45.3 Å². The smallest absolute Gasteiger partial charge is 0.233 e. The predicted octanol–water partition coefficient (Wildman–Crippen LogP) is 1.87. The van der Waals surface area contributed by atoms with Crippen LogP contribution in [0.3, 0.4) is 0 Å². The number of aromatic nitrogens is 2. The van der Waals surface area contributed by atoms with E-state index in [-0.39, 0.29) is 5.91 Å². The lowest BCUT2D eigenvalue weighted by Gasteiger charge is -2.26. The fourth-order valence-corrected chi connectivity index (χ4v) is 3.51. The number of morpholine rings is 1. The normalized spacial score (nSPS) is 16.4. The third-order valence-electron chi connectivity index (χ3n) is 4.19. The van der Waals surface area contributed by atoms with Gasteiger partial charge in [0, 0.05) is 18.7 Å². The van der Waals surface area contributed by atoms with Crippen LogP contribution in [-0.2, 0) is 9.53 Å². The first kappa shape index (κ1) is 17.1. The third kappa shape index (κ3) is 3.91. The zero-order valence-electron chi connectivity index (χ0n) is 14.2. The SMILES string of the molecule is O=C(CSc1ccc(-c2ccc3c(c2)OCCO3)nn1)N1CCOCC1. The number of amides is 1. The Morgan fingerprint density at radius 1 is 1.00 bits per heavy atom. The number of fused-ring (bicyclic) bond motifs is 1. The Bertz CT molecular complexity index is 779. The summed E-state index contributed by atoms with van der Waals surface area (Å²) >= 11 is 1.40. The van der Waals surface area contributed by atoms with Gasteiger partial charge < -0.3 is 19.1 Å². The minimum atomic E-state index is 0.107. The number of hydrogen-bond donors (Lipinski definition) is 0. The summed E-state index contributed by atoms with van der Waals surface area (Å²) in [6, 6.07) is 9.52. The largest absolute Gasteiger partial charge is 0.486 e. The number of rotatable bonds is 4. The maximum atomic E-state index is 12.2. The van der Waals surface area contributed by atoms with Gasteiger partial charge >= 0.3 is 0 Å². The second-order valence-corrected chi connectivity index (χ2v) is 6.89. The van der Waals surface area contributed by atoms with Gasteiger partial charge in [-0.2, -0.15) is 0 Å². The molecule has 0 atom stereocenters. The fraction of sp³-hybridized carbons (Fsp3) is 0.389. The lowest BCUT2D eigenvalue weighted by Crippen LogP contribution is -2.41. The summed E-state index contributed by atoms with van der Waals surface area (Å²) in [6.07, 6.45) is 0. The zero-order chi connectivity index (χ0) is 17.8. The molecule has 1 aromatic heterocycles. The molecule has 0 saturated carbocycles. The maximum absolute atomic E-state index is 12.2. The summed E-state index contributed by atoms with van der Waals surface area (Å²) in [6.45, 7) is 3.67. The first-order valence-electron chi connectivity index (χ1n) is 8.52. The van der Waals surface area contributed by atoms with Crippen LogP contribution in [0, 0.1) is 0 Å². The van der Waals surface area contributed by atoms with Gasteiger partial charge in [-0.1, -0.05) is 11.8 Å². The van der Waals surface area contributed by atoms with Crippen LogP contribution in [0.25, 0.3) is 11.3 Å². The van der Waals surface area contributed by atoms with Crippen molar-refractivity contribution in [3.8, 4) is 22.8 Å². The molecule has 0 unspecified atom stereocenters. The van der Waals surface area contributed by atoms with E-state index in [4.69, 9.17) is 14.2 Å². The molecular weight excluding hydrogens is 354 g/mol. The van der Waals surface area contributed by atoms with Gasteiger partial charge in [0.05, 0.1) is 24.7 Å². The Kier molecular flexibility index (Phi) is 5.21. The average molecular weight is 373 g/mol. The van der Waals surface area contributed by atoms with Crippen molar-refractivity contribution in [2.24, 2.45) is 0 Å². The molecule has 0 bridgehead atoms. The van der Waals surface area contributed by atoms with Crippen molar-refractivity contribution in [1.82, 2.24) is 15.1 Å². The first-order chi connectivity index (χ1) is 12.8. The summed E-state index contributed by atoms with van der Waals surface area (Å²) in [5.74, 6) is 1.95. The van der Waals surface area contributed by atoms with Gasteiger partial charge in [-0.25, -0.2) is 0 Å². The number of hydrogen-bond acceptors (Lipinski definition) is 7. The van der Waals surface area contributed by atoms with Crippen LogP contribution in [0.1, 0.15) is 0 Å². The van der Waals surface area contributed by atoms with Crippen LogP contribution in [0.15, 0.2) is 35.4 Å². The molecule has 1 fully saturated rings. The lowest BCUT2D eigenvalue weighted by molar-refractivity contribution is -0.132. The molecule has 0 N–H and O–H groups in total. The number of nitrogens with zero attached hydrogens (tertiary/aromatic N) is 3. The summed E-state index contributed by atoms with van der Waals surface area (Å²) in [7, 11) is 0. The van der Waals surface area contributed by atoms with Crippen molar-refractivity contribution < 1.29 is 19.0 Å². The zero-order valence-corrected chi connectivity index (χ0v) is 15.0. The molecule has 7 nitrogen and oxygen atoms in total. The molecule has 1 aromatic carbocycles. The summed E-state index contributed by atoms with van der Waals surface area (Å²) in [5, 5.41) is 9.24. The highest BCUT2D eigenvalue weighted by Crippen LogP contribution is 2.34. The molecule has 0 radical (unpaired) electrons. The Morgan fingerprint density at radius 2 is 1.81 bits per heavy atom. The number of thioether (sulfide) groups is 1. The molecule has 2 aliphatic rings. The molecule has 3 heterocycles. The molecule has 0 spiro atoms. The Balaban J connectivity index is 1.38. The van der Waals surface area contributed by atoms with Crippen LogP contribution in [0.4, 0.5) is 0 Å². The van der Waals surface area contributed by atoms with Gasteiger partial charge in [0.25, 0.3) is 0 Å². The van der Waals surface area contributed by atoms with Crippen LogP contribution in [0.5, 0.6) is 11.5 Å². The number of carbonyl (C=O) groups is 1. The van der Waals surface area contributed by atoms with E-state index >= 15 is 0 Å². The maximum Gasteiger partial charge on any atom is 0.233 e. The van der Waals surface area contributed by atoms with E-state index in [1.165, 1.54) is 11.8 Å². The number of ether oxygens (including phenoxy) is 3. The van der Waals surface area contributed by atoms with E-state index in [1.807, 2.05) is 35.2 Å². The molecule has 26 heavy (non-hydrogen) atoms. The van der Waals surface area contributed by atoms with Crippen molar-refractivity contribution in [1.29, 1.82) is 0 Å². The molecule has 4 rings (SSSR count). The predicted molar refractivity (Wildman–Crippen MR) is 96.6 cm³/mol. The van der Waals surface area contributed by atoms with Gasteiger partial charge in [-0.3, -0.25) is 4.79 Å². The average Bonchev–Trinajstić information content (AvgIpc) is 2.72. The quantitative estimate of drug-likeness (QED) is 0.758.